The highest BCUT2D eigenvalue weighted by molar-refractivity contribution is 5.88. The number of carbonyl (C=O) groups is 1. The number of aryl methyl sites for hydroxylation is 1. The quantitative estimate of drug-likeness (QED) is 0.917. The molecule has 0 fully saturated rings. The third-order valence-electron chi connectivity index (χ3n) is 3.11. The zero-order chi connectivity index (χ0) is 14.2. The minimum Gasteiger partial charge on any atom is -0.477 e. The molecule has 19 heavy (non-hydrogen) atoms. The number of rotatable bonds is 3. The van der Waals surface area contributed by atoms with Crippen LogP contribution in [0.1, 0.15) is 16.2 Å². The van der Waals surface area contributed by atoms with E-state index in [9.17, 15) is 4.79 Å². The average molecular weight is 259 g/mol. The minimum absolute atomic E-state index is 0.228. The number of carboxylic acid groups (broad SMARTS) is 1. The van der Waals surface area contributed by atoms with Crippen molar-refractivity contribution in [3.05, 3.63) is 35.7 Å². The smallest absolute Gasteiger partial charge is 0.354 e. The topological polar surface area (TPSA) is 58.4 Å². The van der Waals surface area contributed by atoms with Gasteiger partial charge in [0.15, 0.2) is 0 Å². The Labute approximate surface area is 112 Å². The first-order valence-electron chi connectivity index (χ1n) is 5.96. The van der Waals surface area contributed by atoms with Crippen molar-refractivity contribution in [1.29, 1.82) is 0 Å². The summed E-state index contributed by atoms with van der Waals surface area (Å²) < 4.78 is 1.61. The van der Waals surface area contributed by atoms with Gasteiger partial charge < -0.3 is 14.6 Å². The molecule has 5 heteroatoms. The summed E-state index contributed by atoms with van der Waals surface area (Å²) in [5, 5.41) is 9.16. The van der Waals surface area contributed by atoms with Crippen LogP contribution in [0.15, 0.2) is 24.3 Å². The molecule has 0 spiro atoms. The highest BCUT2D eigenvalue weighted by Gasteiger charge is 2.18. The largest absolute Gasteiger partial charge is 0.477 e. The van der Waals surface area contributed by atoms with Crippen LogP contribution in [-0.2, 0) is 7.05 Å². The van der Waals surface area contributed by atoms with Gasteiger partial charge in [0.05, 0.1) is 5.69 Å². The van der Waals surface area contributed by atoms with Crippen molar-refractivity contribution in [1.82, 2.24) is 9.55 Å². The van der Waals surface area contributed by atoms with Gasteiger partial charge in [0, 0.05) is 32.4 Å². The molecule has 0 amide bonds. The normalized spacial score (nSPS) is 10.5. The molecule has 1 aromatic heterocycles. The van der Waals surface area contributed by atoms with Crippen molar-refractivity contribution in [2.45, 2.75) is 6.92 Å². The Morgan fingerprint density at radius 3 is 2.26 bits per heavy atom. The highest BCUT2D eigenvalue weighted by Crippen LogP contribution is 2.23. The van der Waals surface area contributed by atoms with Crippen LogP contribution in [0.3, 0.4) is 0 Å². The fourth-order valence-corrected chi connectivity index (χ4v) is 2.10. The van der Waals surface area contributed by atoms with E-state index in [2.05, 4.69) is 4.98 Å². The molecule has 0 aliphatic rings. The maximum absolute atomic E-state index is 11.2. The Morgan fingerprint density at radius 1 is 1.26 bits per heavy atom. The number of benzene rings is 1. The lowest BCUT2D eigenvalue weighted by Crippen LogP contribution is -2.08. The summed E-state index contributed by atoms with van der Waals surface area (Å²) in [7, 11) is 5.67. The standard InChI is InChI=1S/C14H17N3O2/c1-9-12(14(18)19)17(4)13(15-9)10-5-7-11(8-6-10)16(2)3/h5-8H,1-4H3,(H,18,19). The molecule has 0 aliphatic carbocycles. The second kappa shape index (κ2) is 4.76. The van der Waals surface area contributed by atoms with Gasteiger partial charge in [0.1, 0.15) is 11.5 Å². The molecule has 5 nitrogen and oxygen atoms in total. The maximum atomic E-state index is 11.2. The summed E-state index contributed by atoms with van der Waals surface area (Å²) in [4.78, 5) is 17.5. The molecule has 0 atom stereocenters. The van der Waals surface area contributed by atoms with E-state index in [1.165, 1.54) is 0 Å². The summed E-state index contributed by atoms with van der Waals surface area (Å²) >= 11 is 0. The molecule has 0 radical (unpaired) electrons. The Morgan fingerprint density at radius 2 is 1.84 bits per heavy atom. The van der Waals surface area contributed by atoms with E-state index in [1.807, 2.05) is 43.3 Å². The zero-order valence-corrected chi connectivity index (χ0v) is 11.5. The predicted octanol–water partition coefficient (Wildman–Crippen LogP) is 2.16. The molecule has 0 aliphatic heterocycles. The fourth-order valence-electron chi connectivity index (χ4n) is 2.10. The Hall–Kier alpha value is -2.30. The Bertz CT molecular complexity index is 612. The van der Waals surface area contributed by atoms with Gasteiger partial charge in [0.2, 0.25) is 0 Å². The summed E-state index contributed by atoms with van der Waals surface area (Å²) in [6.45, 7) is 1.71. The number of anilines is 1. The van der Waals surface area contributed by atoms with E-state index < -0.39 is 5.97 Å². The molecular weight excluding hydrogens is 242 g/mol. The second-order valence-corrected chi connectivity index (χ2v) is 4.67. The summed E-state index contributed by atoms with van der Waals surface area (Å²) in [6.07, 6.45) is 0. The van der Waals surface area contributed by atoms with Crippen LogP contribution in [0.5, 0.6) is 0 Å². The second-order valence-electron chi connectivity index (χ2n) is 4.67. The maximum Gasteiger partial charge on any atom is 0.354 e. The van der Waals surface area contributed by atoms with E-state index in [-0.39, 0.29) is 5.69 Å². The monoisotopic (exact) mass is 259 g/mol. The van der Waals surface area contributed by atoms with Crippen molar-refractivity contribution in [3.63, 3.8) is 0 Å². The van der Waals surface area contributed by atoms with Crippen LogP contribution in [-0.4, -0.2) is 34.7 Å². The lowest BCUT2D eigenvalue weighted by Gasteiger charge is -2.12. The van der Waals surface area contributed by atoms with Crippen LogP contribution in [0, 0.1) is 6.92 Å². The molecule has 0 bridgehead atoms. The Balaban J connectivity index is 2.48. The number of hydrogen-bond donors (Lipinski definition) is 1. The predicted molar refractivity (Wildman–Crippen MR) is 74.7 cm³/mol. The summed E-state index contributed by atoms with van der Waals surface area (Å²) in [5.74, 6) is -0.288. The third kappa shape index (κ3) is 2.31. The third-order valence-corrected chi connectivity index (χ3v) is 3.11. The molecule has 1 aromatic carbocycles. The first-order chi connectivity index (χ1) is 8.91. The minimum atomic E-state index is -0.955. The van der Waals surface area contributed by atoms with Gasteiger partial charge in [-0.2, -0.15) is 0 Å². The lowest BCUT2D eigenvalue weighted by atomic mass is 10.2. The molecule has 100 valence electrons. The molecule has 0 unspecified atom stereocenters. The first-order valence-corrected chi connectivity index (χ1v) is 5.96. The van der Waals surface area contributed by atoms with Gasteiger partial charge in [0.25, 0.3) is 0 Å². The Kier molecular flexibility index (Phi) is 3.29. The van der Waals surface area contributed by atoms with Crippen molar-refractivity contribution < 1.29 is 9.90 Å². The SMILES string of the molecule is Cc1nc(-c2ccc(N(C)C)cc2)n(C)c1C(=O)O. The first kappa shape index (κ1) is 13.1. The number of aromatic carboxylic acids is 1. The van der Waals surface area contributed by atoms with Gasteiger partial charge in [-0.15, -0.1) is 0 Å². The fraction of sp³-hybridized carbons (Fsp3) is 0.286. The van der Waals surface area contributed by atoms with Crippen molar-refractivity contribution in [2.75, 3.05) is 19.0 Å². The van der Waals surface area contributed by atoms with E-state index in [0.29, 0.717) is 11.5 Å². The molecule has 1 heterocycles. The van der Waals surface area contributed by atoms with E-state index >= 15 is 0 Å². The van der Waals surface area contributed by atoms with Gasteiger partial charge in [-0.25, -0.2) is 9.78 Å². The molecule has 1 N–H and O–H groups in total. The summed E-state index contributed by atoms with van der Waals surface area (Å²) in [5.41, 5.74) is 2.75. The number of carboxylic acids is 1. The average Bonchev–Trinajstić information content (AvgIpc) is 2.65. The molecule has 2 aromatic rings. The van der Waals surface area contributed by atoms with Crippen LogP contribution >= 0.6 is 0 Å². The zero-order valence-electron chi connectivity index (χ0n) is 11.5. The van der Waals surface area contributed by atoms with Crippen LogP contribution < -0.4 is 4.90 Å². The van der Waals surface area contributed by atoms with Crippen LogP contribution in [0.4, 0.5) is 5.69 Å². The molecule has 0 saturated carbocycles. The molecule has 0 saturated heterocycles. The van der Waals surface area contributed by atoms with E-state index in [0.717, 1.165) is 11.3 Å². The van der Waals surface area contributed by atoms with Crippen LogP contribution in [0.25, 0.3) is 11.4 Å². The lowest BCUT2D eigenvalue weighted by molar-refractivity contribution is 0.0686. The number of aromatic nitrogens is 2. The van der Waals surface area contributed by atoms with E-state index in [1.54, 1.807) is 18.5 Å². The van der Waals surface area contributed by atoms with Gasteiger partial charge in [-0.05, 0) is 31.2 Å². The van der Waals surface area contributed by atoms with E-state index in [4.69, 9.17) is 5.11 Å². The number of hydrogen-bond acceptors (Lipinski definition) is 3. The van der Waals surface area contributed by atoms with Crippen molar-refractivity contribution in [3.8, 4) is 11.4 Å². The summed E-state index contributed by atoms with van der Waals surface area (Å²) in [6, 6.07) is 7.87. The molecular formula is C14H17N3O2. The van der Waals surface area contributed by atoms with Crippen molar-refractivity contribution in [2.24, 2.45) is 7.05 Å². The van der Waals surface area contributed by atoms with Gasteiger partial charge in [-0.3, -0.25) is 0 Å². The number of nitrogens with zero attached hydrogens (tertiary/aromatic N) is 3. The van der Waals surface area contributed by atoms with Gasteiger partial charge in [-0.1, -0.05) is 0 Å². The molecule has 2 rings (SSSR count). The highest BCUT2D eigenvalue weighted by atomic mass is 16.4. The van der Waals surface area contributed by atoms with Crippen LogP contribution in [0.2, 0.25) is 0 Å². The van der Waals surface area contributed by atoms with Crippen molar-refractivity contribution >= 4 is 11.7 Å². The number of imidazole rings is 1. The van der Waals surface area contributed by atoms with Gasteiger partial charge >= 0.3 is 5.97 Å².